The van der Waals surface area contributed by atoms with Crippen LogP contribution in [0.15, 0.2) is 42.6 Å². The van der Waals surface area contributed by atoms with E-state index in [1.165, 1.54) is 5.56 Å². The Balaban J connectivity index is 2.20. The molecule has 1 aromatic heterocycles. The molecule has 1 aromatic carbocycles. The van der Waals surface area contributed by atoms with Crippen molar-refractivity contribution in [1.29, 1.82) is 0 Å². The van der Waals surface area contributed by atoms with Gasteiger partial charge in [-0.3, -0.25) is 0 Å². The van der Waals surface area contributed by atoms with E-state index < -0.39 is 0 Å². The topological polar surface area (TPSA) is 50.9 Å². The van der Waals surface area contributed by atoms with E-state index in [4.69, 9.17) is 5.73 Å². The van der Waals surface area contributed by atoms with Gasteiger partial charge in [-0.15, -0.1) is 0 Å². The number of nitrogens with two attached hydrogens (primary N) is 1. The zero-order chi connectivity index (χ0) is 11.4. The molecular weight excluding hydrogens is 198 g/mol. The second kappa shape index (κ2) is 4.66. The molecule has 82 valence electrons. The van der Waals surface area contributed by atoms with Gasteiger partial charge < -0.3 is 11.1 Å². The van der Waals surface area contributed by atoms with Crippen LogP contribution in [0.4, 0.5) is 17.2 Å². The molecule has 0 amide bonds. The van der Waals surface area contributed by atoms with E-state index in [2.05, 4.69) is 29.4 Å². The van der Waals surface area contributed by atoms with Crippen LogP contribution >= 0.6 is 0 Å². The van der Waals surface area contributed by atoms with Crippen molar-refractivity contribution in [2.75, 3.05) is 11.1 Å². The van der Waals surface area contributed by atoms with Crippen LogP contribution in [0.2, 0.25) is 0 Å². The smallest absolute Gasteiger partial charge is 0.125 e. The fourth-order valence-corrected chi connectivity index (χ4v) is 1.56. The first-order chi connectivity index (χ1) is 7.78. The number of nitrogen functional groups attached to an aromatic ring is 1. The molecule has 3 N–H and O–H groups in total. The van der Waals surface area contributed by atoms with Crippen LogP contribution in [0.25, 0.3) is 0 Å². The molecule has 0 unspecified atom stereocenters. The molecule has 16 heavy (non-hydrogen) atoms. The second-order valence-electron chi connectivity index (χ2n) is 3.65. The summed E-state index contributed by atoms with van der Waals surface area (Å²) in [6.45, 7) is 2.14. The fourth-order valence-electron chi connectivity index (χ4n) is 1.56. The lowest BCUT2D eigenvalue weighted by Gasteiger charge is -2.07. The summed E-state index contributed by atoms with van der Waals surface area (Å²) < 4.78 is 0. The molecule has 1 heterocycles. The van der Waals surface area contributed by atoms with E-state index >= 15 is 0 Å². The standard InChI is InChI=1S/C13H15N3/c1-2-10-4-3-5-11(8-10)16-12-6-7-15-13(14)9-12/h3-9H,2H2,1H3,(H3,14,15,16). The monoisotopic (exact) mass is 213 g/mol. The lowest BCUT2D eigenvalue weighted by atomic mass is 10.1. The molecule has 0 saturated carbocycles. The highest BCUT2D eigenvalue weighted by Gasteiger charge is 1.96. The van der Waals surface area contributed by atoms with Crippen LogP contribution in [0, 0.1) is 0 Å². The van der Waals surface area contributed by atoms with Crippen LogP contribution in [0.5, 0.6) is 0 Å². The highest BCUT2D eigenvalue weighted by atomic mass is 14.9. The molecule has 0 aliphatic heterocycles. The van der Waals surface area contributed by atoms with Gasteiger partial charge in [0.25, 0.3) is 0 Å². The van der Waals surface area contributed by atoms with Gasteiger partial charge in [-0.05, 0) is 30.2 Å². The highest BCUT2D eigenvalue weighted by molar-refractivity contribution is 5.62. The van der Waals surface area contributed by atoms with Gasteiger partial charge in [-0.25, -0.2) is 4.98 Å². The highest BCUT2D eigenvalue weighted by Crippen LogP contribution is 2.18. The first-order valence-electron chi connectivity index (χ1n) is 5.35. The maximum absolute atomic E-state index is 5.62. The quantitative estimate of drug-likeness (QED) is 0.824. The molecule has 0 aliphatic rings. The lowest BCUT2D eigenvalue weighted by molar-refractivity contribution is 1.14. The largest absolute Gasteiger partial charge is 0.384 e. The van der Waals surface area contributed by atoms with Crippen molar-refractivity contribution in [2.24, 2.45) is 0 Å². The van der Waals surface area contributed by atoms with Gasteiger partial charge >= 0.3 is 0 Å². The normalized spacial score (nSPS) is 10.1. The lowest BCUT2D eigenvalue weighted by Crippen LogP contribution is -1.94. The SMILES string of the molecule is CCc1cccc(Nc2ccnc(N)c2)c1. The third kappa shape index (κ3) is 2.51. The van der Waals surface area contributed by atoms with Gasteiger partial charge in [0.2, 0.25) is 0 Å². The molecule has 0 atom stereocenters. The van der Waals surface area contributed by atoms with Crippen molar-refractivity contribution in [3.8, 4) is 0 Å². The number of rotatable bonds is 3. The Labute approximate surface area is 95.3 Å². The fraction of sp³-hybridized carbons (Fsp3) is 0.154. The number of nitrogens with zero attached hydrogens (tertiary/aromatic N) is 1. The predicted molar refractivity (Wildman–Crippen MR) is 67.8 cm³/mol. The molecule has 2 aromatic rings. The van der Waals surface area contributed by atoms with Gasteiger partial charge in [-0.1, -0.05) is 19.1 Å². The minimum Gasteiger partial charge on any atom is -0.384 e. The van der Waals surface area contributed by atoms with E-state index in [1.54, 1.807) is 6.20 Å². The van der Waals surface area contributed by atoms with Gasteiger partial charge in [0.1, 0.15) is 5.82 Å². The van der Waals surface area contributed by atoms with E-state index in [1.807, 2.05) is 24.3 Å². The Hall–Kier alpha value is -2.03. The van der Waals surface area contributed by atoms with Crippen LogP contribution < -0.4 is 11.1 Å². The van der Waals surface area contributed by atoms with Gasteiger partial charge in [-0.2, -0.15) is 0 Å². The summed E-state index contributed by atoms with van der Waals surface area (Å²) in [5, 5.41) is 3.30. The van der Waals surface area contributed by atoms with Gasteiger partial charge in [0.05, 0.1) is 0 Å². The molecule has 3 nitrogen and oxygen atoms in total. The molecular formula is C13H15N3. The zero-order valence-corrected chi connectivity index (χ0v) is 9.27. The Morgan fingerprint density at radius 3 is 2.75 bits per heavy atom. The Morgan fingerprint density at radius 2 is 2.00 bits per heavy atom. The predicted octanol–water partition coefficient (Wildman–Crippen LogP) is 2.97. The van der Waals surface area contributed by atoms with E-state index in [0.717, 1.165) is 17.8 Å². The van der Waals surface area contributed by atoms with Crippen molar-refractivity contribution in [3.05, 3.63) is 48.2 Å². The number of anilines is 3. The summed E-state index contributed by atoms with van der Waals surface area (Å²) in [6.07, 6.45) is 2.73. The minimum absolute atomic E-state index is 0.525. The van der Waals surface area contributed by atoms with Gasteiger partial charge in [0.15, 0.2) is 0 Å². The molecule has 2 rings (SSSR count). The van der Waals surface area contributed by atoms with Crippen molar-refractivity contribution < 1.29 is 0 Å². The third-order valence-electron chi connectivity index (χ3n) is 2.40. The number of hydrogen-bond donors (Lipinski definition) is 2. The van der Waals surface area contributed by atoms with E-state index in [0.29, 0.717) is 5.82 Å². The average Bonchev–Trinajstić information content (AvgIpc) is 2.29. The van der Waals surface area contributed by atoms with E-state index in [-0.39, 0.29) is 0 Å². The zero-order valence-electron chi connectivity index (χ0n) is 9.27. The van der Waals surface area contributed by atoms with Crippen molar-refractivity contribution in [3.63, 3.8) is 0 Å². The maximum Gasteiger partial charge on any atom is 0.125 e. The summed E-state index contributed by atoms with van der Waals surface area (Å²) in [6, 6.07) is 12.1. The number of benzene rings is 1. The summed E-state index contributed by atoms with van der Waals surface area (Å²) in [5.74, 6) is 0.525. The van der Waals surface area contributed by atoms with Crippen LogP contribution in [0.1, 0.15) is 12.5 Å². The van der Waals surface area contributed by atoms with Crippen molar-refractivity contribution in [2.45, 2.75) is 13.3 Å². The summed E-state index contributed by atoms with van der Waals surface area (Å²) in [4.78, 5) is 3.95. The average molecular weight is 213 g/mol. The Bertz CT molecular complexity index is 480. The van der Waals surface area contributed by atoms with Gasteiger partial charge in [0, 0.05) is 23.6 Å². The number of aryl methyl sites for hydroxylation is 1. The summed E-state index contributed by atoms with van der Waals surface area (Å²) in [7, 11) is 0. The minimum atomic E-state index is 0.525. The van der Waals surface area contributed by atoms with Crippen LogP contribution in [0.3, 0.4) is 0 Å². The molecule has 0 bridgehead atoms. The number of aromatic nitrogens is 1. The van der Waals surface area contributed by atoms with Crippen LogP contribution in [-0.4, -0.2) is 4.98 Å². The number of hydrogen-bond acceptors (Lipinski definition) is 3. The van der Waals surface area contributed by atoms with E-state index in [9.17, 15) is 0 Å². The van der Waals surface area contributed by atoms with Crippen molar-refractivity contribution in [1.82, 2.24) is 4.98 Å². The Morgan fingerprint density at radius 1 is 1.19 bits per heavy atom. The van der Waals surface area contributed by atoms with Crippen molar-refractivity contribution >= 4 is 17.2 Å². The first-order valence-corrected chi connectivity index (χ1v) is 5.35. The molecule has 0 aliphatic carbocycles. The molecule has 0 spiro atoms. The molecule has 0 fully saturated rings. The second-order valence-corrected chi connectivity index (χ2v) is 3.65. The first kappa shape index (κ1) is 10.5. The number of nitrogens with one attached hydrogen (secondary N) is 1. The molecule has 3 heteroatoms. The number of pyridine rings is 1. The molecule has 0 saturated heterocycles. The summed E-state index contributed by atoms with van der Waals surface area (Å²) >= 11 is 0. The Kier molecular flexibility index (Phi) is 3.05. The third-order valence-corrected chi connectivity index (χ3v) is 2.40. The maximum atomic E-state index is 5.62. The van der Waals surface area contributed by atoms with Crippen LogP contribution in [-0.2, 0) is 6.42 Å². The summed E-state index contributed by atoms with van der Waals surface area (Å²) in [5.41, 5.74) is 8.96. The molecule has 0 radical (unpaired) electrons.